The minimum Gasteiger partial charge on any atom is -0.389 e. The third-order valence-electron chi connectivity index (χ3n) is 2.97. The zero-order chi connectivity index (χ0) is 14.9. The summed E-state index contributed by atoms with van der Waals surface area (Å²) in [7, 11) is 0. The van der Waals surface area contributed by atoms with E-state index >= 15 is 0 Å². The Morgan fingerprint density at radius 3 is 2.50 bits per heavy atom. The van der Waals surface area contributed by atoms with Crippen LogP contribution in [0, 0.1) is 26.6 Å². The van der Waals surface area contributed by atoms with Crippen LogP contribution in [-0.4, -0.2) is 9.97 Å². The highest BCUT2D eigenvalue weighted by Gasteiger charge is 2.12. The maximum Gasteiger partial charge on any atom is 0.146 e. The molecule has 0 fully saturated rings. The second kappa shape index (κ2) is 5.54. The highest BCUT2D eigenvalue weighted by Crippen LogP contribution is 2.26. The second-order valence-electron chi connectivity index (χ2n) is 4.74. The molecule has 104 valence electrons. The van der Waals surface area contributed by atoms with E-state index in [1.165, 1.54) is 6.07 Å². The van der Waals surface area contributed by atoms with Gasteiger partial charge < -0.3 is 11.1 Å². The molecule has 1 aromatic heterocycles. The lowest BCUT2D eigenvalue weighted by molar-refractivity contribution is 0.630. The highest BCUT2D eigenvalue weighted by atomic mass is 32.1. The summed E-state index contributed by atoms with van der Waals surface area (Å²) >= 11 is 5.05. The fourth-order valence-electron chi connectivity index (χ4n) is 2.10. The van der Waals surface area contributed by atoms with Crippen molar-refractivity contribution in [1.29, 1.82) is 0 Å². The molecular weight excluding hydrogens is 273 g/mol. The average Bonchev–Trinajstić information content (AvgIpc) is 2.31. The molecule has 5 heteroatoms. The summed E-state index contributed by atoms with van der Waals surface area (Å²) in [6, 6.07) is 6.82. The van der Waals surface area contributed by atoms with Crippen LogP contribution in [0.15, 0.2) is 24.3 Å². The number of aryl methyl sites for hydroxylation is 3. The van der Waals surface area contributed by atoms with Gasteiger partial charge in [-0.05, 0) is 44.5 Å². The lowest BCUT2D eigenvalue weighted by Gasteiger charge is -2.15. The number of nitrogens with two attached hydrogens (primary N) is 1. The van der Waals surface area contributed by atoms with Crippen molar-refractivity contribution in [3.63, 3.8) is 0 Å². The Kier molecular flexibility index (Phi) is 3.99. The topological polar surface area (TPSA) is 50.9 Å². The van der Waals surface area contributed by atoms with Gasteiger partial charge in [-0.15, -0.1) is 0 Å². The first-order chi connectivity index (χ1) is 9.38. The molecule has 3 N–H and O–H groups in total. The van der Waals surface area contributed by atoms with Gasteiger partial charge in [-0.2, -0.15) is 0 Å². The van der Waals surface area contributed by atoms with Gasteiger partial charge >= 0.3 is 0 Å². The van der Waals surface area contributed by atoms with Crippen LogP contribution < -0.4 is 11.1 Å². The molecule has 0 unspecified atom stereocenters. The molecule has 0 atom stereocenters. The minimum absolute atomic E-state index is 0.241. The molecule has 1 heterocycles. The average molecular weight is 289 g/mol. The molecular formula is C15H16FN3S. The summed E-state index contributed by atoms with van der Waals surface area (Å²) < 4.78 is 13.9. The van der Waals surface area contributed by atoms with Crippen LogP contribution in [0.3, 0.4) is 0 Å². The Balaban J connectivity index is 2.50. The Hall–Kier alpha value is -2.01. The van der Waals surface area contributed by atoms with E-state index in [0.717, 1.165) is 17.0 Å². The first-order valence-electron chi connectivity index (χ1n) is 6.19. The van der Waals surface area contributed by atoms with E-state index in [4.69, 9.17) is 18.0 Å². The van der Waals surface area contributed by atoms with Gasteiger partial charge in [-0.25, -0.2) is 4.39 Å². The van der Waals surface area contributed by atoms with Crippen molar-refractivity contribution in [2.24, 2.45) is 5.73 Å². The minimum atomic E-state index is -0.314. The summed E-state index contributed by atoms with van der Waals surface area (Å²) in [6.45, 7) is 5.54. The molecule has 3 nitrogen and oxygen atoms in total. The fraction of sp³-hybridized carbons (Fsp3) is 0.200. The van der Waals surface area contributed by atoms with Crippen LogP contribution >= 0.6 is 12.2 Å². The van der Waals surface area contributed by atoms with E-state index in [0.29, 0.717) is 16.9 Å². The number of halogens is 1. The Bertz CT molecular complexity index is 683. The number of rotatable bonds is 3. The number of benzene rings is 1. The van der Waals surface area contributed by atoms with E-state index in [-0.39, 0.29) is 10.8 Å². The zero-order valence-corrected chi connectivity index (χ0v) is 12.4. The summed E-state index contributed by atoms with van der Waals surface area (Å²) in [6.07, 6.45) is 0. The van der Waals surface area contributed by atoms with Gasteiger partial charge in [-0.3, -0.25) is 4.98 Å². The first kappa shape index (κ1) is 14.4. The van der Waals surface area contributed by atoms with Gasteiger partial charge in [0.1, 0.15) is 10.8 Å². The summed E-state index contributed by atoms with van der Waals surface area (Å²) in [5.41, 5.74) is 9.85. The lowest BCUT2D eigenvalue weighted by Crippen LogP contribution is -2.15. The van der Waals surface area contributed by atoms with E-state index in [1.54, 1.807) is 12.1 Å². The van der Waals surface area contributed by atoms with Crippen LogP contribution in [0.4, 0.5) is 15.8 Å². The monoisotopic (exact) mass is 289 g/mol. The fourth-order valence-corrected chi connectivity index (χ4v) is 2.36. The molecule has 0 amide bonds. The molecule has 2 aromatic rings. The van der Waals surface area contributed by atoms with Crippen LogP contribution in [0.1, 0.15) is 22.5 Å². The maximum absolute atomic E-state index is 13.9. The number of hydrogen-bond acceptors (Lipinski definition) is 3. The molecule has 0 aliphatic rings. The van der Waals surface area contributed by atoms with Crippen molar-refractivity contribution in [3.05, 3.63) is 52.6 Å². The van der Waals surface area contributed by atoms with Crippen molar-refractivity contribution >= 4 is 28.6 Å². The van der Waals surface area contributed by atoms with Gasteiger partial charge in [-0.1, -0.05) is 18.3 Å². The van der Waals surface area contributed by atoms with Crippen molar-refractivity contribution < 1.29 is 4.39 Å². The van der Waals surface area contributed by atoms with Crippen molar-refractivity contribution in [3.8, 4) is 0 Å². The molecule has 0 saturated heterocycles. The second-order valence-corrected chi connectivity index (χ2v) is 5.18. The molecule has 0 radical (unpaired) electrons. The zero-order valence-electron chi connectivity index (χ0n) is 11.6. The normalized spacial score (nSPS) is 10.4. The molecule has 1 aromatic carbocycles. The van der Waals surface area contributed by atoms with Gasteiger partial charge in [0.15, 0.2) is 0 Å². The van der Waals surface area contributed by atoms with Crippen LogP contribution in [0.25, 0.3) is 0 Å². The third kappa shape index (κ3) is 2.93. The summed E-state index contributed by atoms with van der Waals surface area (Å²) in [4.78, 5) is 4.57. The molecule has 2 rings (SSSR count). The van der Waals surface area contributed by atoms with Gasteiger partial charge in [0.2, 0.25) is 0 Å². The quantitative estimate of drug-likeness (QED) is 0.849. The highest BCUT2D eigenvalue weighted by molar-refractivity contribution is 7.80. The number of nitrogens with zero attached hydrogens (tertiary/aromatic N) is 1. The number of thiocarbonyl (C=S) groups is 1. The van der Waals surface area contributed by atoms with Gasteiger partial charge in [0.05, 0.1) is 16.9 Å². The van der Waals surface area contributed by atoms with Gasteiger partial charge in [0.25, 0.3) is 0 Å². The van der Waals surface area contributed by atoms with Crippen LogP contribution in [-0.2, 0) is 0 Å². The van der Waals surface area contributed by atoms with Crippen molar-refractivity contribution in [2.75, 3.05) is 5.32 Å². The number of aromatic nitrogens is 1. The maximum atomic E-state index is 13.9. The number of anilines is 2. The third-order valence-corrected chi connectivity index (χ3v) is 3.17. The SMILES string of the molecule is Cc1ccc(Nc2cc(C)nc(C)c2C(N)=S)c(F)c1. The van der Waals surface area contributed by atoms with E-state index in [1.807, 2.05) is 26.8 Å². The van der Waals surface area contributed by atoms with Crippen molar-refractivity contribution in [2.45, 2.75) is 20.8 Å². The van der Waals surface area contributed by atoms with Gasteiger partial charge in [0, 0.05) is 11.4 Å². The molecule has 0 bridgehead atoms. The molecule has 0 saturated carbocycles. The first-order valence-corrected chi connectivity index (χ1v) is 6.60. The number of nitrogens with one attached hydrogen (secondary N) is 1. The predicted octanol–water partition coefficient (Wildman–Crippen LogP) is 3.52. The summed E-state index contributed by atoms with van der Waals surface area (Å²) in [5, 5.41) is 3.05. The smallest absolute Gasteiger partial charge is 0.146 e. The van der Waals surface area contributed by atoms with E-state index in [9.17, 15) is 4.39 Å². The van der Waals surface area contributed by atoms with Crippen molar-refractivity contribution in [1.82, 2.24) is 4.98 Å². The molecule has 0 aliphatic carbocycles. The van der Waals surface area contributed by atoms with E-state index in [2.05, 4.69) is 10.3 Å². The Labute approximate surface area is 123 Å². The standard InChI is InChI=1S/C15H16FN3S/c1-8-4-5-12(11(16)6-8)19-13-7-9(2)18-10(3)14(13)15(17)20/h4-7H,1-3H3,(H2,17,20)(H,18,19). The Morgan fingerprint density at radius 1 is 1.20 bits per heavy atom. The largest absolute Gasteiger partial charge is 0.389 e. The van der Waals surface area contributed by atoms with E-state index < -0.39 is 0 Å². The van der Waals surface area contributed by atoms with Crippen LogP contribution in [0.5, 0.6) is 0 Å². The van der Waals surface area contributed by atoms with Crippen LogP contribution in [0.2, 0.25) is 0 Å². The summed E-state index contributed by atoms with van der Waals surface area (Å²) in [5.74, 6) is -0.314. The lowest BCUT2D eigenvalue weighted by atomic mass is 10.1. The molecule has 0 spiro atoms. The number of hydrogen-bond donors (Lipinski definition) is 2. The molecule has 0 aliphatic heterocycles. The Morgan fingerprint density at radius 2 is 1.90 bits per heavy atom. The molecule has 20 heavy (non-hydrogen) atoms. The number of pyridine rings is 1. The predicted molar refractivity (Wildman–Crippen MR) is 84.0 cm³/mol.